The van der Waals surface area contributed by atoms with Crippen molar-refractivity contribution in [2.45, 2.75) is 59.0 Å². The molecule has 0 radical (unpaired) electrons. The van der Waals surface area contributed by atoms with E-state index in [1.807, 2.05) is 68.4 Å². The summed E-state index contributed by atoms with van der Waals surface area (Å²) in [5, 5.41) is 3.15. The summed E-state index contributed by atoms with van der Waals surface area (Å²) >= 11 is 0. The maximum absolute atomic E-state index is 12.8. The number of carbonyl (C=O) groups is 1. The molecule has 4 aromatic rings. The van der Waals surface area contributed by atoms with E-state index in [9.17, 15) is 4.79 Å². The highest BCUT2D eigenvalue weighted by molar-refractivity contribution is 5.80. The lowest BCUT2D eigenvalue weighted by Gasteiger charge is -2.17. The Labute approximate surface area is 208 Å². The smallest absolute Gasteiger partial charge is 0.225 e. The number of benzene rings is 3. The summed E-state index contributed by atoms with van der Waals surface area (Å²) < 4.78 is 8.20. The Bertz CT molecular complexity index is 1270. The van der Waals surface area contributed by atoms with Crippen LogP contribution in [-0.4, -0.2) is 22.1 Å². The summed E-state index contributed by atoms with van der Waals surface area (Å²) in [7, 11) is 0. The van der Waals surface area contributed by atoms with Gasteiger partial charge in [-0.2, -0.15) is 0 Å². The SMILES string of the molecule is Cc1ccccc1CC(=O)NC(C)c1nc2ccccc2n1CCCOc1ccc(C(C)C)cc1. The van der Waals surface area contributed by atoms with Crippen LogP contribution in [0.3, 0.4) is 0 Å². The number of aryl methyl sites for hydroxylation is 2. The molecular weight excluding hydrogens is 434 g/mol. The second-order valence-corrected chi connectivity index (χ2v) is 9.43. The molecule has 0 saturated carbocycles. The summed E-state index contributed by atoms with van der Waals surface area (Å²) in [6.07, 6.45) is 1.20. The van der Waals surface area contributed by atoms with Gasteiger partial charge in [-0.3, -0.25) is 4.79 Å². The van der Waals surface area contributed by atoms with E-state index in [4.69, 9.17) is 9.72 Å². The molecule has 35 heavy (non-hydrogen) atoms. The number of carbonyl (C=O) groups excluding carboxylic acids is 1. The highest BCUT2D eigenvalue weighted by Crippen LogP contribution is 2.22. The lowest BCUT2D eigenvalue weighted by molar-refractivity contribution is -0.121. The van der Waals surface area contributed by atoms with Crippen molar-refractivity contribution >= 4 is 16.9 Å². The predicted molar refractivity (Wildman–Crippen MR) is 142 cm³/mol. The highest BCUT2D eigenvalue weighted by atomic mass is 16.5. The quantitative estimate of drug-likeness (QED) is 0.275. The fourth-order valence-corrected chi connectivity index (χ4v) is 4.36. The van der Waals surface area contributed by atoms with E-state index in [2.05, 4.69) is 41.9 Å². The molecule has 1 heterocycles. The highest BCUT2D eigenvalue weighted by Gasteiger charge is 2.18. The van der Waals surface area contributed by atoms with E-state index < -0.39 is 0 Å². The fourth-order valence-electron chi connectivity index (χ4n) is 4.36. The minimum atomic E-state index is -0.205. The summed E-state index contributed by atoms with van der Waals surface area (Å²) in [5.41, 5.74) is 5.49. The number of hydrogen-bond acceptors (Lipinski definition) is 3. The van der Waals surface area contributed by atoms with E-state index in [0.717, 1.165) is 46.7 Å². The topological polar surface area (TPSA) is 56.2 Å². The third-order valence-electron chi connectivity index (χ3n) is 6.40. The number of para-hydroxylation sites is 2. The largest absolute Gasteiger partial charge is 0.494 e. The first-order valence-corrected chi connectivity index (χ1v) is 12.4. The number of aromatic nitrogens is 2. The third-order valence-corrected chi connectivity index (χ3v) is 6.40. The number of imidazole rings is 1. The van der Waals surface area contributed by atoms with E-state index in [-0.39, 0.29) is 11.9 Å². The monoisotopic (exact) mass is 469 g/mol. The zero-order valence-corrected chi connectivity index (χ0v) is 21.1. The molecule has 0 fully saturated rings. The first kappa shape index (κ1) is 24.5. The van der Waals surface area contributed by atoms with Gasteiger partial charge in [-0.05, 0) is 67.1 Å². The van der Waals surface area contributed by atoms with Crippen LogP contribution < -0.4 is 10.1 Å². The number of hydrogen-bond donors (Lipinski definition) is 1. The van der Waals surface area contributed by atoms with Gasteiger partial charge < -0.3 is 14.6 Å². The molecule has 1 amide bonds. The molecule has 4 rings (SSSR count). The second-order valence-electron chi connectivity index (χ2n) is 9.43. The molecule has 3 aromatic carbocycles. The fraction of sp³-hybridized carbons (Fsp3) is 0.333. The van der Waals surface area contributed by atoms with Crippen molar-refractivity contribution in [2.75, 3.05) is 6.61 Å². The molecule has 0 aliphatic carbocycles. The van der Waals surface area contributed by atoms with E-state index in [0.29, 0.717) is 18.9 Å². The van der Waals surface area contributed by atoms with Crippen molar-refractivity contribution in [3.63, 3.8) is 0 Å². The summed E-state index contributed by atoms with van der Waals surface area (Å²) in [6, 6.07) is 24.3. The zero-order chi connectivity index (χ0) is 24.8. The van der Waals surface area contributed by atoms with Crippen LogP contribution in [0.5, 0.6) is 5.75 Å². The van der Waals surface area contributed by atoms with Crippen molar-refractivity contribution in [2.24, 2.45) is 0 Å². The number of fused-ring (bicyclic) bond motifs is 1. The summed E-state index contributed by atoms with van der Waals surface area (Å²) in [5.74, 6) is 2.27. The molecule has 1 atom stereocenters. The van der Waals surface area contributed by atoms with Crippen molar-refractivity contribution in [1.82, 2.24) is 14.9 Å². The number of amides is 1. The van der Waals surface area contributed by atoms with Crippen LogP contribution >= 0.6 is 0 Å². The molecule has 1 aromatic heterocycles. The molecule has 1 N–H and O–H groups in total. The summed E-state index contributed by atoms with van der Waals surface area (Å²) in [6.45, 7) is 9.79. The molecule has 0 spiro atoms. The van der Waals surface area contributed by atoms with Gasteiger partial charge in [0.15, 0.2) is 0 Å². The van der Waals surface area contributed by atoms with Gasteiger partial charge in [-0.15, -0.1) is 0 Å². The Hall–Kier alpha value is -3.60. The van der Waals surface area contributed by atoms with Crippen molar-refractivity contribution in [3.8, 4) is 5.75 Å². The van der Waals surface area contributed by atoms with Crippen LogP contribution in [0.15, 0.2) is 72.8 Å². The molecule has 182 valence electrons. The van der Waals surface area contributed by atoms with Gasteiger partial charge in [0.1, 0.15) is 11.6 Å². The van der Waals surface area contributed by atoms with Gasteiger partial charge in [0.2, 0.25) is 5.91 Å². The number of ether oxygens (including phenoxy) is 1. The number of rotatable bonds is 10. The third kappa shape index (κ3) is 6.10. The van der Waals surface area contributed by atoms with Gasteiger partial charge in [0, 0.05) is 6.54 Å². The standard InChI is InChI=1S/C30H35N3O2/c1-21(2)24-14-16-26(17-15-24)35-19-9-18-33-28-13-8-7-12-27(28)32-30(33)23(4)31-29(34)20-25-11-6-5-10-22(25)3/h5-8,10-17,21,23H,9,18-20H2,1-4H3,(H,31,34). The first-order valence-electron chi connectivity index (χ1n) is 12.4. The van der Waals surface area contributed by atoms with Crippen LogP contribution in [0.1, 0.15) is 61.7 Å². The molecular formula is C30H35N3O2. The predicted octanol–water partition coefficient (Wildman–Crippen LogP) is 6.36. The Morgan fingerprint density at radius 2 is 1.69 bits per heavy atom. The van der Waals surface area contributed by atoms with E-state index in [1.165, 1.54) is 5.56 Å². The zero-order valence-electron chi connectivity index (χ0n) is 21.1. The van der Waals surface area contributed by atoms with E-state index in [1.54, 1.807) is 0 Å². The van der Waals surface area contributed by atoms with Gasteiger partial charge in [-0.25, -0.2) is 4.98 Å². The number of nitrogens with one attached hydrogen (secondary N) is 1. The number of nitrogens with zero attached hydrogens (tertiary/aromatic N) is 2. The molecule has 1 unspecified atom stereocenters. The average Bonchev–Trinajstić information content (AvgIpc) is 3.22. The Morgan fingerprint density at radius 3 is 2.43 bits per heavy atom. The van der Waals surface area contributed by atoms with Gasteiger partial charge in [0.05, 0.1) is 30.1 Å². The van der Waals surface area contributed by atoms with Crippen LogP contribution in [-0.2, 0) is 17.8 Å². The Balaban J connectivity index is 1.41. The van der Waals surface area contributed by atoms with Crippen LogP contribution in [0.4, 0.5) is 0 Å². The average molecular weight is 470 g/mol. The van der Waals surface area contributed by atoms with Crippen LogP contribution in [0.2, 0.25) is 0 Å². The van der Waals surface area contributed by atoms with Crippen molar-refractivity contribution < 1.29 is 9.53 Å². The van der Waals surface area contributed by atoms with Gasteiger partial charge >= 0.3 is 0 Å². The normalized spacial score (nSPS) is 12.1. The minimum absolute atomic E-state index is 0.00131. The first-order chi connectivity index (χ1) is 16.9. The molecule has 5 nitrogen and oxygen atoms in total. The lowest BCUT2D eigenvalue weighted by Crippen LogP contribution is -2.30. The minimum Gasteiger partial charge on any atom is -0.494 e. The maximum atomic E-state index is 12.8. The van der Waals surface area contributed by atoms with Crippen molar-refractivity contribution in [1.29, 1.82) is 0 Å². The van der Waals surface area contributed by atoms with Crippen molar-refractivity contribution in [3.05, 3.63) is 95.3 Å². The lowest BCUT2D eigenvalue weighted by atomic mass is 10.0. The molecule has 0 aliphatic heterocycles. The van der Waals surface area contributed by atoms with Crippen LogP contribution in [0, 0.1) is 6.92 Å². The maximum Gasteiger partial charge on any atom is 0.225 e. The molecule has 0 saturated heterocycles. The molecule has 5 heteroatoms. The van der Waals surface area contributed by atoms with E-state index >= 15 is 0 Å². The Morgan fingerprint density at radius 1 is 0.971 bits per heavy atom. The van der Waals surface area contributed by atoms with Gasteiger partial charge in [0.25, 0.3) is 0 Å². The van der Waals surface area contributed by atoms with Gasteiger partial charge in [-0.1, -0.05) is 62.4 Å². The molecule has 0 aliphatic rings. The molecule has 0 bridgehead atoms. The summed E-state index contributed by atoms with van der Waals surface area (Å²) in [4.78, 5) is 17.7. The second kappa shape index (κ2) is 11.2. The van der Waals surface area contributed by atoms with Crippen LogP contribution in [0.25, 0.3) is 11.0 Å². The Kier molecular flexibility index (Phi) is 7.86.